The Hall–Kier alpha value is -0.640. The molecule has 2 rings (SSSR count). The Balaban J connectivity index is 1.98. The number of rotatable bonds is 3. The Bertz CT molecular complexity index is 379. The molecule has 4 heteroatoms. The van der Waals surface area contributed by atoms with E-state index in [0.29, 0.717) is 17.1 Å². The molecular formula is C14H19ClFNO. The molecule has 0 spiro atoms. The van der Waals surface area contributed by atoms with Gasteiger partial charge in [0.2, 0.25) is 0 Å². The minimum Gasteiger partial charge on any atom is -0.392 e. The summed E-state index contributed by atoms with van der Waals surface area (Å²) in [5.74, 6) is -0.293. The van der Waals surface area contributed by atoms with E-state index < -0.39 is 0 Å². The van der Waals surface area contributed by atoms with Gasteiger partial charge in [-0.15, -0.1) is 0 Å². The van der Waals surface area contributed by atoms with E-state index in [-0.39, 0.29) is 18.0 Å². The van der Waals surface area contributed by atoms with Crippen LogP contribution in [0.15, 0.2) is 18.2 Å². The van der Waals surface area contributed by atoms with Gasteiger partial charge in [0, 0.05) is 23.2 Å². The van der Waals surface area contributed by atoms with Crippen LogP contribution in [0.4, 0.5) is 4.39 Å². The Morgan fingerprint density at radius 3 is 2.83 bits per heavy atom. The highest BCUT2D eigenvalue weighted by Gasteiger charge is 2.21. The van der Waals surface area contributed by atoms with Gasteiger partial charge in [-0.25, -0.2) is 4.39 Å². The molecule has 0 saturated heterocycles. The van der Waals surface area contributed by atoms with Crippen molar-refractivity contribution in [1.29, 1.82) is 0 Å². The van der Waals surface area contributed by atoms with E-state index in [2.05, 4.69) is 5.32 Å². The number of aliphatic hydroxyl groups is 1. The van der Waals surface area contributed by atoms with Gasteiger partial charge in [-0.2, -0.15) is 0 Å². The van der Waals surface area contributed by atoms with Gasteiger partial charge in [0.05, 0.1) is 6.10 Å². The standard InChI is InChI=1S/C14H19ClFNO/c15-11-5-4-6-12(16)10(11)9-17-13-7-2-1-3-8-14(13)18/h4-6,13-14,17-18H,1-3,7-9H2. The average molecular weight is 272 g/mol. The quantitative estimate of drug-likeness (QED) is 0.827. The summed E-state index contributed by atoms with van der Waals surface area (Å²) in [6, 6.07) is 4.74. The van der Waals surface area contributed by atoms with Gasteiger partial charge in [-0.1, -0.05) is 36.9 Å². The molecule has 1 fully saturated rings. The van der Waals surface area contributed by atoms with Gasteiger partial charge in [0.25, 0.3) is 0 Å². The molecule has 100 valence electrons. The summed E-state index contributed by atoms with van der Waals surface area (Å²) >= 11 is 5.97. The first kappa shape index (κ1) is 13.8. The van der Waals surface area contributed by atoms with Crippen LogP contribution in [0.3, 0.4) is 0 Å². The molecule has 1 aliphatic rings. The molecule has 0 radical (unpaired) electrons. The molecule has 18 heavy (non-hydrogen) atoms. The monoisotopic (exact) mass is 271 g/mol. The fraction of sp³-hybridized carbons (Fsp3) is 0.571. The van der Waals surface area contributed by atoms with Gasteiger partial charge in [0.1, 0.15) is 5.82 Å². The predicted molar refractivity (Wildman–Crippen MR) is 71.1 cm³/mol. The molecular weight excluding hydrogens is 253 g/mol. The lowest BCUT2D eigenvalue weighted by atomic mass is 10.1. The SMILES string of the molecule is OC1CCCCCC1NCc1c(F)cccc1Cl. The zero-order valence-electron chi connectivity index (χ0n) is 10.3. The second-order valence-electron chi connectivity index (χ2n) is 4.89. The van der Waals surface area contributed by atoms with Crippen LogP contribution in [0, 0.1) is 5.82 Å². The van der Waals surface area contributed by atoms with Gasteiger partial charge in [-0.3, -0.25) is 0 Å². The Kier molecular flexibility index (Phi) is 4.98. The molecule has 0 amide bonds. The fourth-order valence-corrected chi connectivity index (χ4v) is 2.69. The van der Waals surface area contributed by atoms with E-state index in [0.717, 1.165) is 32.1 Å². The van der Waals surface area contributed by atoms with Crippen molar-refractivity contribution in [1.82, 2.24) is 5.32 Å². The molecule has 0 heterocycles. The first-order chi connectivity index (χ1) is 8.68. The van der Waals surface area contributed by atoms with Crippen molar-refractivity contribution >= 4 is 11.6 Å². The smallest absolute Gasteiger partial charge is 0.129 e. The lowest BCUT2D eigenvalue weighted by Gasteiger charge is -2.22. The number of aliphatic hydroxyl groups excluding tert-OH is 1. The highest BCUT2D eigenvalue weighted by molar-refractivity contribution is 6.31. The van der Waals surface area contributed by atoms with E-state index in [1.165, 1.54) is 6.07 Å². The zero-order valence-corrected chi connectivity index (χ0v) is 11.1. The number of hydrogen-bond donors (Lipinski definition) is 2. The van der Waals surface area contributed by atoms with E-state index in [9.17, 15) is 9.50 Å². The lowest BCUT2D eigenvalue weighted by Crippen LogP contribution is -2.38. The van der Waals surface area contributed by atoms with Crippen LogP contribution >= 0.6 is 11.6 Å². The third kappa shape index (κ3) is 3.44. The number of hydrogen-bond acceptors (Lipinski definition) is 2. The highest BCUT2D eigenvalue weighted by atomic mass is 35.5. The summed E-state index contributed by atoms with van der Waals surface area (Å²) in [7, 11) is 0. The maximum Gasteiger partial charge on any atom is 0.129 e. The topological polar surface area (TPSA) is 32.3 Å². The van der Waals surface area contributed by atoms with Crippen molar-refractivity contribution in [2.45, 2.75) is 50.8 Å². The molecule has 1 aromatic rings. The third-order valence-electron chi connectivity index (χ3n) is 3.58. The first-order valence-electron chi connectivity index (χ1n) is 6.53. The molecule has 1 saturated carbocycles. The molecule has 2 unspecified atom stereocenters. The van der Waals surface area contributed by atoms with E-state index in [1.54, 1.807) is 12.1 Å². The van der Waals surface area contributed by atoms with Crippen molar-refractivity contribution in [3.05, 3.63) is 34.6 Å². The van der Waals surface area contributed by atoms with Crippen molar-refractivity contribution in [2.24, 2.45) is 0 Å². The second-order valence-corrected chi connectivity index (χ2v) is 5.30. The van der Waals surface area contributed by atoms with E-state index in [4.69, 9.17) is 11.6 Å². The molecule has 2 nitrogen and oxygen atoms in total. The Morgan fingerprint density at radius 1 is 1.28 bits per heavy atom. The van der Waals surface area contributed by atoms with Crippen LogP contribution in [0.2, 0.25) is 5.02 Å². The zero-order chi connectivity index (χ0) is 13.0. The summed E-state index contributed by atoms with van der Waals surface area (Å²) in [4.78, 5) is 0. The van der Waals surface area contributed by atoms with Crippen LogP contribution in [0.5, 0.6) is 0 Å². The Morgan fingerprint density at radius 2 is 2.06 bits per heavy atom. The lowest BCUT2D eigenvalue weighted by molar-refractivity contribution is 0.119. The molecule has 1 aromatic carbocycles. The van der Waals surface area contributed by atoms with Crippen molar-refractivity contribution in [3.8, 4) is 0 Å². The third-order valence-corrected chi connectivity index (χ3v) is 3.94. The summed E-state index contributed by atoms with van der Waals surface area (Å²) in [6.07, 6.45) is 4.77. The van der Waals surface area contributed by atoms with Crippen molar-refractivity contribution in [2.75, 3.05) is 0 Å². The minimum atomic E-state index is -0.335. The summed E-state index contributed by atoms with van der Waals surface area (Å²) in [6.45, 7) is 0.368. The summed E-state index contributed by atoms with van der Waals surface area (Å²) in [5, 5.41) is 13.6. The van der Waals surface area contributed by atoms with E-state index in [1.807, 2.05) is 0 Å². The number of halogens is 2. The van der Waals surface area contributed by atoms with Gasteiger partial charge in [-0.05, 0) is 25.0 Å². The van der Waals surface area contributed by atoms with E-state index >= 15 is 0 Å². The van der Waals surface area contributed by atoms with Crippen molar-refractivity contribution < 1.29 is 9.50 Å². The van der Waals surface area contributed by atoms with Crippen LogP contribution in [0.1, 0.15) is 37.7 Å². The normalized spacial score (nSPS) is 24.8. The maximum absolute atomic E-state index is 13.6. The molecule has 0 aromatic heterocycles. The highest BCUT2D eigenvalue weighted by Crippen LogP contribution is 2.21. The second kappa shape index (κ2) is 6.50. The first-order valence-corrected chi connectivity index (χ1v) is 6.90. The Labute approximate surface area is 112 Å². The summed E-state index contributed by atoms with van der Waals surface area (Å²) in [5.41, 5.74) is 0.482. The summed E-state index contributed by atoms with van der Waals surface area (Å²) < 4.78 is 13.6. The fourth-order valence-electron chi connectivity index (χ4n) is 2.46. The van der Waals surface area contributed by atoms with Crippen LogP contribution in [-0.2, 0) is 6.54 Å². The molecule has 0 bridgehead atoms. The van der Waals surface area contributed by atoms with Crippen LogP contribution < -0.4 is 5.32 Å². The van der Waals surface area contributed by atoms with Crippen LogP contribution in [0.25, 0.3) is 0 Å². The average Bonchev–Trinajstić information content (AvgIpc) is 2.54. The van der Waals surface area contributed by atoms with Gasteiger partial charge < -0.3 is 10.4 Å². The predicted octanol–water partition coefficient (Wildman–Crippen LogP) is 3.26. The minimum absolute atomic E-state index is 0.0446. The molecule has 2 N–H and O–H groups in total. The maximum atomic E-state index is 13.6. The molecule has 0 aliphatic heterocycles. The molecule has 2 atom stereocenters. The molecule has 1 aliphatic carbocycles. The number of benzene rings is 1. The van der Waals surface area contributed by atoms with Crippen molar-refractivity contribution in [3.63, 3.8) is 0 Å². The number of nitrogens with one attached hydrogen (secondary N) is 1. The van der Waals surface area contributed by atoms with Crippen LogP contribution in [-0.4, -0.2) is 17.3 Å². The van der Waals surface area contributed by atoms with Gasteiger partial charge in [0.15, 0.2) is 0 Å². The van der Waals surface area contributed by atoms with Gasteiger partial charge >= 0.3 is 0 Å². The largest absolute Gasteiger partial charge is 0.392 e.